The Morgan fingerprint density at radius 3 is 2.69 bits per heavy atom. The summed E-state index contributed by atoms with van der Waals surface area (Å²) < 4.78 is 13.7. The maximum absolute atomic E-state index is 13.2. The van der Waals surface area contributed by atoms with Gasteiger partial charge in [-0.3, -0.25) is 0 Å². The Morgan fingerprint density at radius 2 is 2.00 bits per heavy atom. The fourth-order valence-electron chi connectivity index (χ4n) is 1.61. The minimum Gasteiger partial charge on any atom is -0.343 e. The van der Waals surface area contributed by atoms with Crippen LogP contribution in [0.4, 0.5) is 4.39 Å². The molecule has 0 radical (unpaired) electrons. The number of aromatic amines is 1. The Labute approximate surface area is 98.2 Å². The van der Waals surface area contributed by atoms with Gasteiger partial charge in [0.2, 0.25) is 0 Å². The first kappa shape index (κ1) is 11.0. The first-order valence-corrected chi connectivity index (χ1v) is 5.31. The summed E-state index contributed by atoms with van der Waals surface area (Å²) in [5, 5.41) is 0. The van der Waals surface area contributed by atoms with E-state index in [-0.39, 0.29) is 5.82 Å². The third kappa shape index (κ3) is 2.17. The van der Waals surface area contributed by atoms with E-state index in [4.69, 9.17) is 12.2 Å². The molecule has 4 heteroatoms. The summed E-state index contributed by atoms with van der Waals surface area (Å²) in [6.07, 6.45) is 0. The van der Waals surface area contributed by atoms with Crippen molar-refractivity contribution < 1.29 is 4.39 Å². The first-order valence-electron chi connectivity index (χ1n) is 4.91. The molecule has 0 amide bonds. The number of aryl methyl sites for hydroxylation is 2. The minimum atomic E-state index is -0.255. The van der Waals surface area contributed by atoms with Crippen LogP contribution in [0, 0.1) is 24.3 Å². The van der Waals surface area contributed by atoms with Gasteiger partial charge in [0, 0.05) is 5.56 Å². The number of nitrogens with one attached hydrogen (secondary N) is 1. The van der Waals surface area contributed by atoms with Gasteiger partial charge in [0.05, 0.1) is 5.69 Å². The smallest absolute Gasteiger partial charge is 0.130 e. The van der Waals surface area contributed by atoms with Gasteiger partial charge in [-0.05, 0) is 37.6 Å². The fraction of sp³-hybridized carbons (Fsp3) is 0.167. The van der Waals surface area contributed by atoms with Gasteiger partial charge in [-0.15, -0.1) is 0 Å². The van der Waals surface area contributed by atoms with Crippen LogP contribution in [0.15, 0.2) is 24.3 Å². The van der Waals surface area contributed by atoms with Crippen molar-refractivity contribution in [1.29, 1.82) is 0 Å². The summed E-state index contributed by atoms with van der Waals surface area (Å²) in [5.41, 5.74) is 2.61. The predicted octanol–water partition coefficient (Wildman–Crippen LogP) is 3.56. The Bertz CT molecular complexity index is 590. The Kier molecular flexibility index (Phi) is 2.83. The molecule has 1 N–H and O–H groups in total. The van der Waals surface area contributed by atoms with Crippen molar-refractivity contribution in [2.45, 2.75) is 13.8 Å². The second-order valence-electron chi connectivity index (χ2n) is 3.68. The third-order valence-corrected chi connectivity index (χ3v) is 2.56. The van der Waals surface area contributed by atoms with E-state index in [1.807, 2.05) is 13.8 Å². The monoisotopic (exact) mass is 234 g/mol. The number of aromatic nitrogens is 2. The number of nitrogens with zero attached hydrogens (tertiary/aromatic N) is 1. The molecule has 0 saturated heterocycles. The summed E-state index contributed by atoms with van der Waals surface area (Å²) >= 11 is 5.04. The lowest BCUT2D eigenvalue weighted by atomic mass is 10.1. The summed E-state index contributed by atoms with van der Waals surface area (Å²) in [5.74, 6) is 0.473. The number of rotatable bonds is 1. The Hall–Kier alpha value is -1.55. The molecule has 0 aliphatic carbocycles. The molecule has 1 aromatic carbocycles. The highest BCUT2D eigenvalue weighted by molar-refractivity contribution is 7.71. The zero-order valence-electron chi connectivity index (χ0n) is 9.04. The lowest BCUT2D eigenvalue weighted by Gasteiger charge is -2.07. The van der Waals surface area contributed by atoms with Crippen LogP contribution >= 0.6 is 12.2 Å². The molecule has 0 saturated carbocycles. The van der Waals surface area contributed by atoms with Crippen molar-refractivity contribution in [3.8, 4) is 11.3 Å². The molecule has 2 rings (SSSR count). The molecular weight excluding hydrogens is 223 g/mol. The molecule has 0 atom stereocenters. The van der Waals surface area contributed by atoms with Gasteiger partial charge in [0.1, 0.15) is 16.3 Å². The van der Waals surface area contributed by atoms with E-state index in [1.54, 1.807) is 12.1 Å². The van der Waals surface area contributed by atoms with E-state index in [0.717, 1.165) is 22.6 Å². The van der Waals surface area contributed by atoms with Crippen molar-refractivity contribution in [1.82, 2.24) is 9.97 Å². The summed E-state index contributed by atoms with van der Waals surface area (Å²) in [4.78, 5) is 7.17. The van der Waals surface area contributed by atoms with E-state index in [2.05, 4.69) is 9.97 Å². The third-order valence-electron chi connectivity index (χ3n) is 2.35. The van der Waals surface area contributed by atoms with Crippen LogP contribution in [0.2, 0.25) is 0 Å². The predicted molar refractivity (Wildman–Crippen MR) is 64.3 cm³/mol. The number of hydrogen-bond donors (Lipinski definition) is 1. The van der Waals surface area contributed by atoms with Crippen molar-refractivity contribution >= 4 is 12.2 Å². The Balaban J connectivity index is 2.66. The fourth-order valence-corrected chi connectivity index (χ4v) is 1.86. The van der Waals surface area contributed by atoms with Crippen LogP contribution in [0.3, 0.4) is 0 Å². The standard InChI is InChI=1S/C12H11FN2S/c1-7-3-4-9(13)5-10(7)11-6-12(16)15-8(2)14-11/h3-6H,1-2H3,(H,14,15,16). The van der Waals surface area contributed by atoms with E-state index in [9.17, 15) is 4.39 Å². The van der Waals surface area contributed by atoms with E-state index >= 15 is 0 Å². The quantitative estimate of drug-likeness (QED) is 0.764. The van der Waals surface area contributed by atoms with Crippen molar-refractivity contribution in [2.75, 3.05) is 0 Å². The van der Waals surface area contributed by atoms with Gasteiger partial charge in [0.15, 0.2) is 0 Å². The number of halogens is 1. The molecule has 0 aliphatic rings. The van der Waals surface area contributed by atoms with E-state index in [1.165, 1.54) is 12.1 Å². The number of hydrogen-bond acceptors (Lipinski definition) is 2. The molecule has 0 aliphatic heterocycles. The highest BCUT2D eigenvalue weighted by atomic mass is 32.1. The Morgan fingerprint density at radius 1 is 1.25 bits per heavy atom. The number of benzene rings is 1. The van der Waals surface area contributed by atoms with Crippen LogP contribution < -0.4 is 0 Å². The zero-order valence-corrected chi connectivity index (χ0v) is 9.86. The largest absolute Gasteiger partial charge is 0.343 e. The number of H-pyrrole nitrogens is 1. The summed E-state index contributed by atoms with van der Waals surface area (Å²) in [6.45, 7) is 3.76. The van der Waals surface area contributed by atoms with Crippen molar-refractivity contribution in [3.63, 3.8) is 0 Å². The molecular formula is C12H11FN2S. The maximum atomic E-state index is 13.2. The lowest BCUT2D eigenvalue weighted by Crippen LogP contribution is -1.93. The van der Waals surface area contributed by atoms with Gasteiger partial charge < -0.3 is 4.98 Å². The molecule has 0 fully saturated rings. The van der Waals surface area contributed by atoms with Gasteiger partial charge >= 0.3 is 0 Å². The van der Waals surface area contributed by atoms with Crippen LogP contribution in [-0.4, -0.2) is 9.97 Å². The topological polar surface area (TPSA) is 28.7 Å². The molecule has 2 nitrogen and oxygen atoms in total. The molecule has 82 valence electrons. The van der Waals surface area contributed by atoms with Crippen molar-refractivity contribution in [2.24, 2.45) is 0 Å². The van der Waals surface area contributed by atoms with Crippen LogP contribution in [0.1, 0.15) is 11.4 Å². The molecule has 1 aromatic heterocycles. The van der Waals surface area contributed by atoms with E-state index < -0.39 is 0 Å². The van der Waals surface area contributed by atoms with Gasteiger partial charge in [-0.1, -0.05) is 18.3 Å². The molecule has 16 heavy (non-hydrogen) atoms. The highest BCUT2D eigenvalue weighted by Gasteiger charge is 2.04. The van der Waals surface area contributed by atoms with Gasteiger partial charge in [-0.25, -0.2) is 9.37 Å². The molecule has 1 heterocycles. The molecule has 0 spiro atoms. The summed E-state index contributed by atoms with van der Waals surface area (Å²) in [6, 6.07) is 6.43. The second-order valence-corrected chi connectivity index (χ2v) is 4.10. The summed E-state index contributed by atoms with van der Waals surface area (Å²) in [7, 11) is 0. The highest BCUT2D eigenvalue weighted by Crippen LogP contribution is 2.22. The molecule has 0 bridgehead atoms. The van der Waals surface area contributed by atoms with Crippen molar-refractivity contribution in [3.05, 3.63) is 46.1 Å². The molecule has 2 aromatic rings. The van der Waals surface area contributed by atoms with Crippen LogP contribution in [0.25, 0.3) is 11.3 Å². The maximum Gasteiger partial charge on any atom is 0.130 e. The first-order chi connectivity index (χ1) is 7.56. The second kappa shape index (κ2) is 4.14. The van der Waals surface area contributed by atoms with Gasteiger partial charge in [-0.2, -0.15) is 0 Å². The van der Waals surface area contributed by atoms with Gasteiger partial charge in [0.25, 0.3) is 0 Å². The van der Waals surface area contributed by atoms with Crippen LogP contribution in [-0.2, 0) is 0 Å². The lowest BCUT2D eigenvalue weighted by molar-refractivity contribution is 0.628. The SMILES string of the molecule is Cc1nc(=S)cc(-c2cc(F)ccc2C)[nH]1. The average molecular weight is 234 g/mol. The van der Waals surface area contributed by atoms with E-state index in [0.29, 0.717) is 4.64 Å². The average Bonchev–Trinajstić information content (AvgIpc) is 2.20. The van der Waals surface area contributed by atoms with Crippen LogP contribution in [0.5, 0.6) is 0 Å². The molecule has 0 unspecified atom stereocenters. The minimum absolute atomic E-state index is 0.255. The zero-order chi connectivity index (χ0) is 11.7. The normalized spacial score (nSPS) is 10.4.